The monoisotopic (exact) mass is 419 g/mol. The molecule has 0 spiro atoms. The van der Waals surface area contributed by atoms with Crippen LogP contribution in [0.1, 0.15) is 44.2 Å². The van der Waals surface area contributed by atoms with Gasteiger partial charge in [0.2, 0.25) is 0 Å². The fourth-order valence-corrected chi connectivity index (χ4v) is 4.42. The molecule has 2 heterocycles. The lowest BCUT2D eigenvalue weighted by molar-refractivity contribution is 0.0170. The number of aliphatic imine (C=N–C) groups is 1. The van der Waals surface area contributed by atoms with Gasteiger partial charge in [0.05, 0.1) is 19.3 Å². The molecule has 2 aliphatic heterocycles. The molecule has 30 heavy (non-hydrogen) atoms. The first-order chi connectivity index (χ1) is 14.7. The van der Waals surface area contributed by atoms with Gasteiger partial charge in [0.15, 0.2) is 5.96 Å². The SMILES string of the molecule is CN=C(NCCCN1CCCCC1C)NCC(c1ccc(F)cc1)N1CCOCC1. The van der Waals surface area contributed by atoms with Gasteiger partial charge < -0.3 is 20.3 Å². The Balaban J connectivity index is 1.48. The zero-order valence-electron chi connectivity index (χ0n) is 18.6. The largest absolute Gasteiger partial charge is 0.379 e. The first-order valence-electron chi connectivity index (χ1n) is 11.4. The average Bonchev–Trinajstić information content (AvgIpc) is 2.78. The Kier molecular flexibility index (Phi) is 9.36. The molecule has 0 bridgehead atoms. The van der Waals surface area contributed by atoms with Crippen molar-refractivity contribution in [3.8, 4) is 0 Å². The molecule has 0 aromatic heterocycles. The van der Waals surface area contributed by atoms with Crippen molar-refractivity contribution in [2.45, 2.75) is 44.7 Å². The van der Waals surface area contributed by atoms with Crippen molar-refractivity contribution in [1.82, 2.24) is 20.4 Å². The van der Waals surface area contributed by atoms with Crippen molar-refractivity contribution in [3.63, 3.8) is 0 Å². The number of guanidine groups is 1. The molecule has 0 saturated carbocycles. The molecule has 1 aromatic rings. The summed E-state index contributed by atoms with van der Waals surface area (Å²) in [4.78, 5) is 9.39. The molecule has 6 nitrogen and oxygen atoms in total. The minimum absolute atomic E-state index is 0.155. The number of nitrogens with zero attached hydrogens (tertiary/aromatic N) is 3. The van der Waals surface area contributed by atoms with Gasteiger partial charge in [0.1, 0.15) is 5.82 Å². The fourth-order valence-electron chi connectivity index (χ4n) is 4.42. The molecule has 7 heteroatoms. The van der Waals surface area contributed by atoms with E-state index in [1.165, 1.54) is 37.9 Å². The third-order valence-corrected chi connectivity index (χ3v) is 6.28. The van der Waals surface area contributed by atoms with Gasteiger partial charge in [-0.3, -0.25) is 9.89 Å². The Morgan fingerprint density at radius 2 is 1.93 bits per heavy atom. The summed E-state index contributed by atoms with van der Waals surface area (Å²) < 4.78 is 18.9. The second-order valence-corrected chi connectivity index (χ2v) is 8.33. The third kappa shape index (κ3) is 6.93. The van der Waals surface area contributed by atoms with Crippen LogP contribution in [0, 0.1) is 5.82 Å². The van der Waals surface area contributed by atoms with Crippen LogP contribution in [0.3, 0.4) is 0 Å². The molecule has 2 N–H and O–H groups in total. The number of likely N-dealkylation sites (tertiary alicyclic amines) is 1. The zero-order chi connectivity index (χ0) is 21.2. The highest BCUT2D eigenvalue weighted by Crippen LogP contribution is 2.21. The van der Waals surface area contributed by atoms with E-state index >= 15 is 0 Å². The molecule has 0 aliphatic carbocycles. The van der Waals surface area contributed by atoms with E-state index in [0.29, 0.717) is 12.6 Å². The summed E-state index contributed by atoms with van der Waals surface area (Å²) in [6.07, 6.45) is 5.12. The van der Waals surface area contributed by atoms with Crippen LogP contribution in [0.2, 0.25) is 0 Å². The van der Waals surface area contributed by atoms with Crippen LogP contribution in [0.5, 0.6) is 0 Å². The average molecular weight is 420 g/mol. The first-order valence-corrected chi connectivity index (χ1v) is 11.4. The minimum Gasteiger partial charge on any atom is -0.379 e. The molecule has 0 radical (unpaired) electrons. The van der Waals surface area contributed by atoms with Crippen LogP contribution in [-0.2, 0) is 4.74 Å². The predicted octanol–water partition coefficient (Wildman–Crippen LogP) is 2.63. The molecule has 168 valence electrons. The van der Waals surface area contributed by atoms with Crippen LogP contribution in [0.4, 0.5) is 4.39 Å². The highest BCUT2D eigenvalue weighted by Gasteiger charge is 2.23. The minimum atomic E-state index is -0.201. The number of piperidine rings is 1. The van der Waals surface area contributed by atoms with E-state index in [2.05, 4.69) is 32.3 Å². The second kappa shape index (κ2) is 12.2. The Morgan fingerprint density at radius 1 is 1.17 bits per heavy atom. The lowest BCUT2D eigenvalue weighted by Gasteiger charge is -2.35. The summed E-state index contributed by atoms with van der Waals surface area (Å²) in [5, 5.41) is 6.93. The molecular weight excluding hydrogens is 381 g/mol. The van der Waals surface area contributed by atoms with E-state index in [9.17, 15) is 4.39 Å². The molecule has 3 rings (SSSR count). The summed E-state index contributed by atoms with van der Waals surface area (Å²) in [6, 6.07) is 7.71. The summed E-state index contributed by atoms with van der Waals surface area (Å²) in [7, 11) is 1.81. The van der Waals surface area contributed by atoms with Crippen molar-refractivity contribution < 1.29 is 9.13 Å². The fraction of sp³-hybridized carbons (Fsp3) is 0.696. The van der Waals surface area contributed by atoms with Crippen LogP contribution in [0.15, 0.2) is 29.3 Å². The van der Waals surface area contributed by atoms with Gasteiger partial charge in [0.25, 0.3) is 0 Å². The standard InChI is InChI=1S/C23H38FN5O/c1-19-6-3-4-12-28(19)13-5-11-26-23(25-2)27-18-22(29-14-16-30-17-15-29)20-7-9-21(24)10-8-20/h7-10,19,22H,3-6,11-18H2,1-2H3,(H2,25,26,27). The van der Waals surface area contributed by atoms with Gasteiger partial charge in [-0.05, 0) is 50.4 Å². The number of ether oxygens (including phenoxy) is 1. The molecule has 2 fully saturated rings. The molecule has 2 aliphatic rings. The van der Waals surface area contributed by atoms with Gasteiger partial charge in [-0.1, -0.05) is 18.6 Å². The van der Waals surface area contributed by atoms with Crippen molar-refractivity contribution in [2.24, 2.45) is 4.99 Å². The Bertz CT molecular complexity index is 647. The van der Waals surface area contributed by atoms with E-state index in [-0.39, 0.29) is 11.9 Å². The number of benzene rings is 1. The smallest absolute Gasteiger partial charge is 0.191 e. The number of halogens is 1. The van der Waals surface area contributed by atoms with Crippen LogP contribution < -0.4 is 10.6 Å². The highest BCUT2D eigenvalue weighted by atomic mass is 19.1. The van der Waals surface area contributed by atoms with Gasteiger partial charge >= 0.3 is 0 Å². The summed E-state index contributed by atoms with van der Waals surface area (Å²) in [6.45, 7) is 9.56. The number of nitrogens with one attached hydrogen (secondary N) is 2. The maximum absolute atomic E-state index is 13.4. The Morgan fingerprint density at radius 3 is 2.63 bits per heavy atom. The topological polar surface area (TPSA) is 52.1 Å². The third-order valence-electron chi connectivity index (χ3n) is 6.28. The zero-order valence-corrected chi connectivity index (χ0v) is 18.6. The highest BCUT2D eigenvalue weighted by molar-refractivity contribution is 5.79. The van der Waals surface area contributed by atoms with Crippen molar-refractivity contribution in [3.05, 3.63) is 35.6 Å². The molecule has 2 unspecified atom stereocenters. The second-order valence-electron chi connectivity index (χ2n) is 8.33. The first kappa shape index (κ1) is 23.0. The van der Waals surface area contributed by atoms with E-state index in [1.54, 1.807) is 0 Å². The maximum Gasteiger partial charge on any atom is 0.191 e. The van der Waals surface area contributed by atoms with Crippen LogP contribution in [0.25, 0.3) is 0 Å². The van der Waals surface area contributed by atoms with E-state index in [1.807, 2.05) is 19.2 Å². The molecule has 1 aromatic carbocycles. The predicted molar refractivity (Wildman–Crippen MR) is 120 cm³/mol. The molecule has 2 atom stereocenters. The maximum atomic E-state index is 13.4. The lowest BCUT2D eigenvalue weighted by atomic mass is 10.0. The number of hydrogen-bond acceptors (Lipinski definition) is 4. The summed E-state index contributed by atoms with van der Waals surface area (Å²) in [5.41, 5.74) is 1.11. The molecule has 0 amide bonds. The quantitative estimate of drug-likeness (QED) is 0.385. The van der Waals surface area contributed by atoms with Crippen LogP contribution >= 0.6 is 0 Å². The molecule has 2 saturated heterocycles. The van der Waals surface area contributed by atoms with E-state index in [0.717, 1.165) is 57.3 Å². The normalized spacial score (nSPS) is 22.6. The van der Waals surface area contributed by atoms with E-state index < -0.39 is 0 Å². The number of hydrogen-bond donors (Lipinski definition) is 2. The van der Waals surface area contributed by atoms with E-state index in [4.69, 9.17) is 4.74 Å². The lowest BCUT2D eigenvalue weighted by Crippen LogP contribution is -2.46. The van der Waals surface area contributed by atoms with Gasteiger partial charge in [0, 0.05) is 45.8 Å². The van der Waals surface area contributed by atoms with Crippen molar-refractivity contribution >= 4 is 5.96 Å². The Hall–Kier alpha value is -1.70. The summed E-state index contributed by atoms with van der Waals surface area (Å²) in [5.74, 6) is 0.620. The van der Waals surface area contributed by atoms with Crippen molar-refractivity contribution in [1.29, 1.82) is 0 Å². The van der Waals surface area contributed by atoms with Gasteiger partial charge in [-0.15, -0.1) is 0 Å². The van der Waals surface area contributed by atoms with Crippen molar-refractivity contribution in [2.75, 3.05) is 59.5 Å². The van der Waals surface area contributed by atoms with Crippen LogP contribution in [-0.4, -0.2) is 81.3 Å². The van der Waals surface area contributed by atoms with Gasteiger partial charge in [-0.2, -0.15) is 0 Å². The van der Waals surface area contributed by atoms with Gasteiger partial charge in [-0.25, -0.2) is 4.39 Å². The molecular formula is C23H38FN5O. The number of rotatable bonds is 8. The number of morpholine rings is 1. The Labute approximate surface area is 180 Å². The summed E-state index contributed by atoms with van der Waals surface area (Å²) >= 11 is 0.